The van der Waals surface area contributed by atoms with Crippen LogP contribution in [0, 0.1) is 0 Å². The van der Waals surface area contributed by atoms with Crippen LogP contribution in [0.5, 0.6) is 0 Å². The van der Waals surface area contributed by atoms with Gasteiger partial charge in [0.2, 0.25) is 5.91 Å². The van der Waals surface area contributed by atoms with Crippen molar-refractivity contribution in [3.05, 3.63) is 29.8 Å². The van der Waals surface area contributed by atoms with Crippen LogP contribution in [0.3, 0.4) is 0 Å². The zero-order chi connectivity index (χ0) is 12.0. The van der Waals surface area contributed by atoms with Crippen LogP contribution in [0.4, 0.5) is 0 Å². The number of carbonyl (C=O) groups excluding carboxylic acids is 1. The molecule has 0 heterocycles. The van der Waals surface area contributed by atoms with E-state index in [1.807, 2.05) is 30.5 Å². The first-order valence-electron chi connectivity index (χ1n) is 5.20. The van der Waals surface area contributed by atoms with Gasteiger partial charge in [-0.05, 0) is 24.8 Å². The van der Waals surface area contributed by atoms with Crippen molar-refractivity contribution in [2.24, 2.45) is 0 Å². The molecule has 3 nitrogen and oxygen atoms in total. The van der Waals surface area contributed by atoms with E-state index in [-0.39, 0.29) is 5.91 Å². The van der Waals surface area contributed by atoms with E-state index in [2.05, 4.69) is 5.32 Å². The Kier molecular flexibility index (Phi) is 5.35. The molecule has 16 heavy (non-hydrogen) atoms. The quantitative estimate of drug-likeness (QED) is 0.765. The highest BCUT2D eigenvalue weighted by atomic mass is 32.2. The Bertz CT molecular complexity index is 353. The maximum absolute atomic E-state index is 11.6. The summed E-state index contributed by atoms with van der Waals surface area (Å²) in [5.41, 5.74) is 1.03. The third-order valence-electron chi connectivity index (χ3n) is 2.14. The lowest BCUT2D eigenvalue weighted by Crippen LogP contribution is -2.31. The first-order valence-corrected chi connectivity index (χ1v) is 6.42. The molecule has 0 spiro atoms. The van der Waals surface area contributed by atoms with Gasteiger partial charge in [0.15, 0.2) is 0 Å². The number of benzene rings is 1. The summed E-state index contributed by atoms with van der Waals surface area (Å²) in [6.45, 7) is 1.95. The minimum Gasteiger partial charge on any atom is -0.392 e. The van der Waals surface area contributed by atoms with Gasteiger partial charge in [0.1, 0.15) is 0 Å². The highest BCUT2D eigenvalue weighted by Crippen LogP contribution is 2.19. The van der Waals surface area contributed by atoms with Crippen LogP contribution < -0.4 is 5.32 Å². The van der Waals surface area contributed by atoms with Gasteiger partial charge in [-0.1, -0.05) is 18.2 Å². The highest BCUT2D eigenvalue weighted by Gasteiger charge is 2.07. The molecular weight excluding hydrogens is 222 g/mol. The largest absolute Gasteiger partial charge is 0.392 e. The molecule has 1 unspecified atom stereocenters. The average molecular weight is 239 g/mol. The summed E-state index contributed by atoms with van der Waals surface area (Å²) < 4.78 is 0. The molecule has 0 bridgehead atoms. The maximum Gasteiger partial charge on any atom is 0.224 e. The van der Waals surface area contributed by atoms with Crippen LogP contribution in [-0.4, -0.2) is 29.9 Å². The molecule has 0 aliphatic heterocycles. The molecule has 0 fully saturated rings. The summed E-state index contributed by atoms with van der Waals surface area (Å²) in [5.74, 6) is -0.0533. The lowest BCUT2D eigenvalue weighted by molar-refractivity contribution is -0.120. The van der Waals surface area contributed by atoms with Crippen molar-refractivity contribution in [3.63, 3.8) is 0 Å². The minimum absolute atomic E-state index is 0.0533. The fourth-order valence-electron chi connectivity index (χ4n) is 1.35. The summed E-state index contributed by atoms with van der Waals surface area (Å²) in [4.78, 5) is 12.7. The molecule has 88 valence electrons. The zero-order valence-corrected chi connectivity index (χ0v) is 10.4. The Morgan fingerprint density at radius 3 is 2.81 bits per heavy atom. The van der Waals surface area contributed by atoms with Crippen LogP contribution in [0.25, 0.3) is 0 Å². The standard InChI is InChI=1S/C12H17NO2S/c1-9(14)8-13-12(15)7-10-5-3-4-6-11(10)16-2/h3-6,9,14H,7-8H2,1-2H3,(H,13,15). The van der Waals surface area contributed by atoms with E-state index in [9.17, 15) is 4.79 Å². The monoisotopic (exact) mass is 239 g/mol. The number of carbonyl (C=O) groups is 1. The fraction of sp³-hybridized carbons (Fsp3) is 0.417. The number of rotatable bonds is 5. The van der Waals surface area contributed by atoms with Gasteiger partial charge in [0.05, 0.1) is 12.5 Å². The second-order valence-corrected chi connectivity index (χ2v) is 4.49. The molecule has 0 radical (unpaired) electrons. The number of hydrogen-bond donors (Lipinski definition) is 2. The Labute approximate surface area is 100 Å². The second kappa shape index (κ2) is 6.55. The van der Waals surface area contributed by atoms with Crippen molar-refractivity contribution in [3.8, 4) is 0 Å². The molecule has 0 aliphatic carbocycles. The first-order chi connectivity index (χ1) is 7.63. The number of hydrogen-bond acceptors (Lipinski definition) is 3. The van der Waals surface area contributed by atoms with Crippen molar-refractivity contribution in [2.75, 3.05) is 12.8 Å². The SMILES string of the molecule is CSc1ccccc1CC(=O)NCC(C)O. The van der Waals surface area contributed by atoms with Crippen molar-refractivity contribution in [2.45, 2.75) is 24.3 Å². The van der Waals surface area contributed by atoms with E-state index < -0.39 is 6.10 Å². The van der Waals surface area contributed by atoms with E-state index in [1.54, 1.807) is 18.7 Å². The summed E-state index contributed by atoms with van der Waals surface area (Å²) in [6.07, 6.45) is 1.86. The van der Waals surface area contributed by atoms with Gasteiger partial charge < -0.3 is 10.4 Å². The minimum atomic E-state index is -0.500. The lowest BCUT2D eigenvalue weighted by atomic mass is 10.1. The number of aliphatic hydroxyl groups is 1. The van der Waals surface area contributed by atoms with Gasteiger partial charge >= 0.3 is 0 Å². The first kappa shape index (κ1) is 13.1. The molecule has 1 rings (SSSR count). The van der Waals surface area contributed by atoms with Crippen molar-refractivity contribution >= 4 is 17.7 Å². The zero-order valence-electron chi connectivity index (χ0n) is 9.56. The number of nitrogens with one attached hydrogen (secondary N) is 1. The normalized spacial score (nSPS) is 12.2. The van der Waals surface area contributed by atoms with Crippen molar-refractivity contribution < 1.29 is 9.90 Å². The van der Waals surface area contributed by atoms with Crippen LogP contribution >= 0.6 is 11.8 Å². The molecule has 4 heteroatoms. The highest BCUT2D eigenvalue weighted by molar-refractivity contribution is 7.98. The van der Waals surface area contributed by atoms with Crippen LogP contribution in [-0.2, 0) is 11.2 Å². The van der Waals surface area contributed by atoms with E-state index >= 15 is 0 Å². The predicted octanol–water partition coefficient (Wildman–Crippen LogP) is 1.45. The third-order valence-corrected chi connectivity index (χ3v) is 2.98. The summed E-state index contributed by atoms with van der Waals surface area (Å²) >= 11 is 1.63. The molecule has 0 aromatic heterocycles. The Morgan fingerprint density at radius 2 is 2.19 bits per heavy atom. The summed E-state index contributed by atoms with van der Waals surface area (Å²) in [6, 6.07) is 7.84. The van der Waals surface area contributed by atoms with Gasteiger partial charge in [-0.2, -0.15) is 0 Å². The lowest BCUT2D eigenvalue weighted by Gasteiger charge is -2.09. The topological polar surface area (TPSA) is 49.3 Å². The van der Waals surface area contributed by atoms with E-state index in [1.165, 1.54) is 0 Å². The van der Waals surface area contributed by atoms with Gasteiger partial charge in [-0.3, -0.25) is 4.79 Å². The molecule has 1 aromatic rings. The van der Waals surface area contributed by atoms with Gasteiger partial charge in [-0.15, -0.1) is 11.8 Å². The molecule has 0 saturated heterocycles. The molecule has 1 aromatic carbocycles. The predicted molar refractivity (Wildman–Crippen MR) is 66.6 cm³/mol. The smallest absolute Gasteiger partial charge is 0.224 e. The number of aliphatic hydroxyl groups excluding tert-OH is 1. The summed E-state index contributed by atoms with van der Waals surface area (Å²) in [5, 5.41) is 11.7. The fourth-order valence-corrected chi connectivity index (χ4v) is 1.96. The Balaban J connectivity index is 2.55. The second-order valence-electron chi connectivity index (χ2n) is 3.64. The molecule has 0 saturated carbocycles. The maximum atomic E-state index is 11.6. The molecule has 1 amide bonds. The van der Waals surface area contributed by atoms with Gasteiger partial charge in [0.25, 0.3) is 0 Å². The van der Waals surface area contributed by atoms with Crippen LogP contribution in [0.2, 0.25) is 0 Å². The average Bonchev–Trinajstić information content (AvgIpc) is 2.27. The van der Waals surface area contributed by atoms with Gasteiger partial charge in [0, 0.05) is 11.4 Å². The Hall–Kier alpha value is -1.00. The molecule has 2 N–H and O–H groups in total. The number of thioether (sulfide) groups is 1. The molecule has 0 aliphatic rings. The van der Waals surface area contributed by atoms with E-state index in [4.69, 9.17) is 5.11 Å². The van der Waals surface area contributed by atoms with Crippen LogP contribution in [0.1, 0.15) is 12.5 Å². The van der Waals surface area contributed by atoms with Gasteiger partial charge in [-0.25, -0.2) is 0 Å². The van der Waals surface area contributed by atoms with Crippen molar-refractivity contribution in [1.29, 1.82) is 0 Å². The number of amides is 1. The van der Waals surface area contributed by atoms with E-state index in [0.717, 1.165) is 10.5 Å². The van der Waals surface area contributed by atoms with Crippen LogP contribution in [0.15, 0.2) is 29.2 Å². The third kappa shape index (κ3) is 4.24. The molecular formula is C12H17NO2S. The Morgan fingerprint density at radius 1 is 1.50 bits per heavy atom. The molecule has 1 atom stereocenters. The van der Waals surface area contributed by atoms with Crippen molar-refractivity contribution in [1.82, 2.24) is 5.32 Å². The summed E-state index contributed by atoms with van der Waals surface area (Å²) in [7, 11) is 0. The van der Waals surface area contributed by atoms with E-state index in [0.29, 0.717) is 13.0 Å².